The van der Waals surface area contributed by atoms with Crippen molar-refractivity contribution in [3.05, 3.63) is 41.1 Å². The molecule has 1 aromatic heterocycles. The van der Waals surface area contributed by atoms with E-state index in [2.05, 4.69) is 9.88 Å². The van der Waals surface area contributed by atoms with Crippen LogP contribution in [0.5, 0.6) is 0 Å². The molecule has 0 saturated carbocycles. The third-order valence-electron chi connectivity index (χ3n) is 4.62. The number of nitrogens with one attached hydrogen (secondary N) is 1. The van der Waals surface area contributed by atoms with Crippen LogP contribution in [0.2, 0.25) is 0 Å². The summed E-state index contributed by atoms with van der Waals surface area (Å²) < 4.78 is 7.56. The molecule has 1 atom stereocenters. The van der Waals surface area contributed by atoms with Gasteiger partial charge in [0, 0.05) is 42.4 Å². The van der Waals surface area contributed by atoms with Gasteiger partial charge in [0.1, 0.15) is 11.6 Å². The molecule has 5 heteroatoms. The van der Waals surface area contributed by atoms with Crippen LogP contribution in [0.25, 0.3) is 17.0 Å². The third-order valence-corrected chi connectivity index (χ3v) is 4.62. The van der Waals surface area contributed by atoms with E-state index >= 15 is 0 Å². The largest absolute Gasteiger partial charge is 0.376 e. The van der Waals surface area contributed by atoms with Crippen LogP contribution in [0.3, 0.4) is 0 Å². The first-order valence-corrected chi connectivity index (χ1v) is 8.17. The predicted molar refractivity (Wildman–Crippen MR) is 93.2 cm³/mol. The molecule has 1 N–H and O–H groups in total. The Balaban J connectivity index is 1.86. The molecule has 1 aliphatic heterocycles. The average Bonchev–Trinajstić information content (AvgIpc) is 3.20. The number of hydrogen-bond donors (Lipinski definition) is 1. The third kappa shape index (κ3) is 3.06. The molecule has 24 heavy (non-hydrogen) atoms. The molecule has 1 aromatic carbocycles. The summed E-state index contributed by atoms with van der Waals surface area (Å²) in [5.41, 5.74) is 3.14. The van der Waals surface area contributed by atoms with Gasteiger partial charge >= 0.3 is 0 Å². The Labute approximate surface area is 141 Å². The van der Waals surface area contributed by atoms with Crippen LogP contribution < -0.4 is 5.32 Å². The second-order valence-electron chi connectivity index (χ2n) is 6.09. The van der Waals surface area contributed by atoms with Crippen molar-refractivity contribution >= 4 is 22.9 Å². The maximum Gasteiger partial charge on any atom is 0.262 e. The number of aromatic nitrogens is 1. The number of ether oxygens (including phenoxy) is 1. The van der Waals surface area contributed by atoms with E-state index in [1.807, 2.05) is 44.3 Å². The lowest BCUT2D eigenvalue weighted by Gasteiger charge is -2.10. The van der Waals surface area contributed by atoms with Crippen molar-refractivity contribution in [2.24, 2.45) is 7.05 Å². The van der Waals surface area contributed by atoms with Gasteiger partial charge in [-0.15, -0.1) is 0 Å². The van der Waals surface area contributed by atoms with Crippen molar-refractivity contribution in [1.82, 2.24) is 9.88 Å². The van der Waals surface area contributed by atoms with Gasteiger partial charge in [0.15, 0.2) is 0 Å². The van der Waals surface area contributed by atoms with Crippen LogP contribution in [0, 0.1) is 18.3 Å². The molecule has 1 saturated heterocycles. The van der Waals surface area contributed by atoms with Crippen molar-refractivity contribution in [2.45, 2.75) is 25.9 Å². The highest BCUT2D eigenvalue weighted by Crippen LogP contribution is 2.26. The van der Waals surface area contributed by atoms with Crippen molar-refractivity contribution in [3.8, 4) is 6.07 Å². The SMILES string of the molecule is Cc1c(/C=C(\C#N)C(=O)NC[C@H]2CCCO2)c2ccccc2n1C. The number of rotatable bonds is 4. The summed E-state index contributed by atoms with van der Waals surface area (Å²) in [6.07, 6.45) is 3.72. The van der Waals surface area contributed by atoms with E-state index in [0.717, 1.165) is 41.6 Å². The molecule has 5 nitrogen and oxygen atoms in total. The van der Waals surface area contributed by atoms with Gasteiger partial charge in [-0.3, -0.25) is 4.79 Å². The van der Waals surface area contributed by atoms with Gasteiger partial charge < -0.3 is 14.6 Å². The first kappa shape index (κ1) is 16.3. The van der Waals surface area contributed by atoms with Gasteiger partial charge in [-0.25, -0.2) is 0 Å². The topological polar surface area (TPSA) is 67.1 Å². The lowest BCUT2D eigenvalue weighted by molar-refractivity contribution is -0.117. The fraction of sp³-hybridized carbons (Fsp3) is 0.368. The van der Waals surface area contributed by atoms with Crippen molar-refractivity contribution < 1.29 is 9.53 Å². The number of nitriles is 1. The second kappa shape index (κ2) is 6.90. The van der Waals surface area contributed by atoms with Gasteiger partial charge in [0.25, 0.3) is 5.91 Å². The van der Waals surface area contributed by atoms with E-state index in [4.69, 9.17) is 4.74 Å². The summed E-state index contributed by atoms with van der Waals surface area (Å²) in [6.45, 7) is 3.19. The minimum absolute atomic E-state index is 0.0631. The van der Waals surface area contributed by atoms with Crippen LogP contribution in [0.1, 0.15) is 24.1 Å². The molecule has 2 heterocycles. The molecule has 0 spiro atoms. The second-order valence-corrected chi connectivity index (χ2v) is 6.09. The molecular formula is C19H21N3O2. The Morgan fingerprint density at radius 2 is 2.29 bits per heavy atom. The molecule has 0 aliphatic carbocycles. The molecule has 3 rings (SSSR count). The van der Waals surface area contributed by atoms with Gasteiger partial charge in [0.05, 0.1) is 6.10 Å². The van der Waals surface area contributed by atoms with Gasteiger partial charge in [0.2, 0.25) is 0 Å². The Kier molecular flexibility index (Phi) is 4.68. The highest BCUT2D eigenvalue weighted by atomic mass is 16.5. The highest BCUT2D eigenvalue weighted by molar-refractivity contribution is 6.04. The molecule has 0 radical (unpaired) electrons. The number of benzene rings is 1. The first-order valence-electron chi connectivity index (χ1n) is 8.17. The lowest BCUT2D eigenvalue weighted by Crippen LogP contribution is -2.32. The number of carbonyl (C=O) groups excluding carboxylic acids is 1. The van der Waals surface area contributed by atoms with E-state index in [9.17, 15) is 10.1 Å². The minimum Gasteiger partial charge on any atom is -0.376 e. The average molecular weight is 323 g/mol. The van der Waals surface area contributed by atoms with Crippen LogP contribution in [-0.4, -0.2) is 29.7 Å². The van der Waals surface area contributed by atoms with E-state index in [-0.39, 0.29) is 17.6 Å². The highest BCUT2D eigenvalue weighted by Gasteiger charge is 2.18. The Morgan fingerprint density at radius 3 is 3.00 bits per heavy atom. The number of hydrogen-bond acceptors (Lipinski definition) is 3. The number of para-hydroxylation sites is 1. The Morgan fingerprint density at radius 1 is 1.50 bits per heavy atom. The molecule has 0 bridgehead atoms. The monoisotopic (exact) mass is 323 g/mol. The molecule has 0 unspecified atom stereocenters. The molecule has 2 aromatic rings. The lowest BCUT2D eigenvalue weighted by atomic mass is 10.1. The first-order chi connectivity index (χ1) is 11.6. The molecule has 1 aliphatic rings. The number of amides is 1. The number of aryl methyl sites for hydroxylation is 1. The molecule has 124 valence electrons. The zero-order chi connectivity index (χ0) is 17.1. The molecule has 1 fully saturated rings. The molecule has 1 amide bonds. The number of carbonyl (C=O) groups is 1. The summed E-state index contributed by atoms with van der Waals surface area (Å²) in [5, 5.41) is 13.3. The fourth-order valence-electron chi connectivity index (χ4n) is 3.13. The van der Waals surface area contributed by atoms with Gasteiger partial charge in [-0.2, -0.15) is 5.26 Å². The van der Waals surface area contributed by atoms with E-state index in [1.165, 1.54) is 0 Å². The zero-order valence-electron chi connectivity index (χ0n) is 14.0. The van der Waals surface area contributed by atoms with Crippen molar-refractivity contribution in [1.29, 1.82) is 5.26 Å². The summed E-state index contributed by atoms with van der Waals surface area (Å²) in [7, 11) is 1.98. The van der Waals surface area contributed by atoms with Crippen LogP contribution in [0.15, 0.2) is 29.8 Å². The van der Waals surface area contributed by atoms with Crippen molar-refractivity contribution in [3.63, 3.8) is 0 Å². The zero-order valence-corrected chi connectivity index (χ0v) is 14.0. The van der Waals surface area contributed by atoms with E-state index in [0.29, 0.717) is 6.54 Å². The smallest absolute Gasteiger partial charge is 0.262 e. The van der Waals surface area contributed by atoms with Crippen molar-refractivity contribution in [2.75, 3.05) is 13.2 Å². The minimum atomic E-state index is -0.347. The van der Waals surface area contributed by atoms with Crippen LogP contribution in [0.4, 0.5) is 0 Å². The van der Waals surface area contributed by atoms with E-state index in [1.54, 1.807) is 6.08 Å². The standard InChI is InChI=1S/C19H21N3O2/c1-13-17(16-7-3-4-8-18(16)22(13)2)10-14(11-20)19(23)21-12-15-6-5-9-24-15/h3-4,7-8,10,15H,5-6,9,12H2,1-2H3,(H,21,23)/b14-10+/t15-/m1/s1. The summed E-state index contributed by atoms with van der Waals surface area (Å²) in [6, 6.07) is 10.0. The van der Waals surface area contributed by atoms with E-state index < -0.39 is 0 Å². The number of fused-ring (bicyclic) bond motifs is 1. The summed E-state index contributed by atoms with van der Waals surface area (Å²) >= 11 is 0. The maximum atomic E-state index is 12.3. The summed E-state index contributed by atoms with van der Waals surface area (Å²) in [5.74, 6) is -0.347. The number of nitrogens with zero attached hydrogens (tertiary/aromatic N) is 2. The summed E-state index contributed by atoms with van der Waals surface area (Å²) in [4.78, 5) is 12.3. The van der Waals surface area contributed by atoms with Crippen LogP contribution in [-0.2, 0) is 16.6 Å². The predicted octanol–water partition coefficient (Wildman–Crippen LogP) is 2.69. The fourth-order valence-corrected chi connectivity index (χ4v) is 3.13. The van der Waals surface area contributed by atoms with Gasteiger partial charge in [-0.05, 0) is 31.9 Å². The maximum absolute atomic E-state index is 12.3. The van der Waals surface area contributed by atoms with Gasteiger partial charge in [-0.1, -0.05) is 18.2 Å². The molecular weight excluding hydrogens is 302 g/mol. The van der Waals surface area contributed by atoms with Crippen LogP contribution >= 0.6 is 0 Å². The normalized spacial score (nSPS) is 17.9. The Bertz CT molecular complexity index is 836. The quantitative estimate of drug-likeness (QED) is 0.695. The Hall–Kier alpha value is -2.58.